The quantitative estimate of drug-likeness (QED) is 0.416. The molecule has 0 aliphatic carbocycles. The first kappa shape index (κ1) is 13.2. The lowest BCUT2D eigenvalue weighted by Gasteiger charge is -2.39. The van der Waals surface area contributed by atoms with E-state index in [2.05, 4.69) is 0 Å². The highest BCUT2D eigenvalue weighted by atomic mass is 16.7. The lowest BCUT2D eigenvalue weighted by Crippen LogP contribution is -2.59. The van der Waals surface area contributed by atoms with Gasteiger partial charge in [-0.3, -0.25) is 9.59 Å². The molecular weight excluding hydrogens is 248 g/mol. The summed E-state index contributed by atoms with van der Waals surface area (Å²) in [6.45, 7) is -0.310. The Kier molecular flexibility index (Phi) is 3.81. The average molecular weight is 262 g/mol. The Balaban J connectivity index is 2.20. The van der Waals surface area contributed by atoms with Gasteiger partial charge in [0.15, 0.2) is 12.4 Å². The van der Waals surface area contributed by atoms with Gasteiger partial charge in [0.25, 0.3) is 0 Å². The number of carbonyl (C=O) groups excluding carboxylic acids is 2. The van der Waals surface area contributed by atoms with Crippen LogP contribution in [0.4, 0.5) is 0 Å². The van der Waals surface area contributed by atoms with E-state index in [1.165, 1.54) is 0 Å². The third-order valence-electron chi connectivity index (χ3n) is 2.87. The molecule has 0 aromatic rings. The lowest BCUT2D eigenvalue weighted by atomic mass is 9.99. The van der Waals surface area contributed by atoms with Gasteiger partial charge in [0.05, 0.1) is 12.8 Å². The molecule has 3 saturated heterocycles. The maximum atomic E-state index is 11.4. The van der Waals surface area contributed by atoms with Gasteiger partial charge in [-0.2, -0.15) is 0 Å². The first-order valence-corrected chi connectivity index (χ1v) is 5.54. The molecule has 3 fully saturated rings. The number of rotatable bonds is 0. The van der Waals surface area contributed by atoms with Crippen LogP contribution in [0.5, 0.6) is 0 Å². The van der Waals surface area contributed by atoms with E-state index >= 15 is 0 Å². The van der Waals surface area contributed by atoms with Crippen LogP contribution in [0.3, 0.4) is 0 Å². The summed E-state index contributed by atoms with van der Waals surface area (Å²) in [5, 5.41) is 29.0. The molecule has 18 heavy (non-hydrogen) atoms. The van der Waals surface area contributed by atoms with Crippen LogP contribution >= 0.6 is 0 Å². The molecule has 0 aromatic carbocycles. The minimum atomic E-state index is -1.57. The maximum absolute atomic E-state index is 11.4. The molecule has 0 unspecified atom stereocenters. The van der Waals surface area contributed by atoms with Crippen molar-refractivity contribution < 1.29 is 39.1 Å². The van der Waals surface area contributed by atoms with E-state index in [1.807, 2.05) is 0 Å². The van der Waals surface area contributed by atoms with Crippen LogP contribution in [-0.2, 0) is 23.8 Å². The van der Waals surface area contributed by atoms with E-state index in [9.17, 15) is 24.9 Å². The fourth-order valence-electron chi connectivity index (χ4n) is 1.85. The first-order chi connectivity index (χ1) is 8.49. The van der Waals surface area contributed by atoms with Crippen LogP contribution in [0.1, 0.15) is 12.8 Å². The zero-order chi connectivity index (χ0) is 13.3. The van der Waals surface area contributed by atoms with Crippen LogP contribution < -0.4 is 0 Å². The van der Waals surface area contributed by atoms with Crippen molar-refractivity contribution in [2.75, 3.05) is 6.61 Å². The zero-order valence-corrected chi connectivity index (χ0v) is 9.39. The average Bonchev–Trinajstić information content (AvgIpc) is 2.37. The fourth-order valence-corrected chi connectivity index (χ4v) is 1.85. The smallest absolute Gasteiger partial charge is 0.306 e. The number of aliphatic hydroxyl groups excluding tert-OH is 3. The predicted octanol–water partition coefficient (Wildman–Crippen LogP) is -2.33. The van der Waals surface area contributed by atoms with Gasteiger partial charge in [-0.05, 0) is 0 Å². The van der Waals surface area contributed by atoms with Crippen LogP contribution in [0.25, 0.3) is 0 Å². The molecule has 3 rings (SSSR count). The summed E-state index contributed by atoms with van der Waals surface area (Å²) in [5.74, 6) is -1.43. The predicted molar refractivity (Wildman–Crippen MR) is 53.0 cm³/mol. The van der Waals surface area contributed by atoms with Crippen molar-refractivity contribution in [3.8, 4) is 0 Å². The number of ether oxygens (including phenoxy) is 3. The van der Waals surface area contributed by atoms with Crippen molar-refractivity contribution in [1.82, 2.24) is 0 Å². The number of esters is 2. The van der Waals surface area contributed by atoms with Crippen LogP contribution in [0.2, 0.25) is 0 Å². The molecular formula is C10H14O8. The molecule has 0 spiro atoms. The van der Waals surface area contributed by atoms with Crippen molar-refractivity contribution in [3.05, 3.63) is 0 Å². The van der Waals surface area contributed by atoms with E-state index in [-0.39, 0.29) is 19.4 Å². The van der Waals surface area contributed by atoms with Crippen molar-refractivity contribution in [3.63, 3.8) is 0 Å². The van der Waals surface area contributed by atoms with E-state index in [4.69, 9.17) is 14.2 Å². The molecule has 0 amide bonds. The van der Waals surface area contributed by atoms with E-state index in [1.54, 1.807) is 0 Å². The minimum Gasteiger partial charge on any atom is -0.463 e. The highest BCUT2D eigenvalue weighted by Crippen LogP contribution is 2.24. The van der Waals surface area contributed by atoms with E-state index in [0.717, 1.165) is 0 Å². The number of hydrogen-bond acceptors (Lipinski definition) is 8. The Morgan fingerprint density at radius 3 is 2.39 bits per heavy atom. The van der Waals surface area contributed by atoms with Gasteiger partial charge in [-0.25, -0.2) is 0 Å². The van der Waals surface area contributed by atoms with Crippen molar-refractivity contribution in [1.29, 1.82) is 0 Å². The third kappa shape index (κ3) is 2.61. The Bertz CT molecular complexity index is 341. The van der Waals surface area contributed by atoms with E-state index < -0.39 is 42.6 Å². The van der Waals surface area contributed by atoms with Gasteiger partial charge in [-0.15, -0.1) is 0 Å². The molecule has 3 N–H and O–H groups in total. The number of hydrogen-bond donors (Lipinski definition) is 3. The number of aliphatic hydroxyl groups is 3. The molecule has 0 radical (unpaired) electrons. The molecule has 0 aromatic heterocycles. The molecule has 0 saturated carbocycles. The minimum absolute atomic E-state index is 0.166. The molecule has 3 aliphatic rings. The second-order valence-electron chi connectivity index (χ2n) is 4.18. The topological polar surface area (TPSA) is 123 Å². The highest BCUT2D eigenvalue weighted by molar-refractivity contribution is 5.77. The largest absolute Gasteiger partial charge is 0.463 e. The van der Waals surface area contributed by atoms with E-state index in [0.29, 0.717) is 0 Å². The summed E-state index contributed by atoms with van der Waals surface area (Å²) in [7, 11) is 0. The molecule has 5 atom stereocenters. The maximum Gasteiger partial charge on any atom is 0.306 e. The molecule has 2 bridgehead atoms. The van der Waals surface area contributed by atoms with Crippen molar-refractivity contribution in [2.24, 2.45) is 0 Å². The Morgan fingerprint density at radius 2 is 1.67 bits per heavy atom. The highest BCUT2D eigenvalue weighted by Gasteiger charge is 2.46. The Labute approximate surface area is 102 Å². The fraction of sp³-hybridized carbons (Fsp3) is 0.800. The summed E-state index contributed by atoms with van der Waals surface area (Å²) < 4.78 is 14.5. The van der Waals surface area contributed by atoms with Gasteiger partial charge in [0.2, 0.25) is 0 Å². The summed E-state index contributed by atoms with van der Waals surface area (Å²) >= 11 is 0. The first-order valence-electron chi connectivity index (χ1n) is 5.54. The normalized spacial score (nSPS) is 41.8. The lowest BCUT2D eigenvalue weighted by molar-refractivity contribution is -0.290. The molecule has 3 aliphatic heterocycles. The third-order valence-corrected chi connectivity index (χ3v) is 2.87. The summed E-state index contributed by atoms with van der Waals surface area (Å²) in [6, 6.07) is 0. The second kappa shape index (κ2) is 5.19. The van der Waals surface area contributed by atoms with Gasteiger partial charge < -0.3 is 29.5 Å². The van der Waals surface area contributed by atoms with Gasteiger partial charge in [0, 0.05) is 0 Å². The molecule has 8 heteroatoms. The van der Waals surface area contributed by atoms with Gasteiger partial charge in [0.1, 0.15) is 24.9 Å². The Hall–Kier alpha value is -1.22. The van der Waals surface area contributed by atoms with Gasteiger partial charge >= 0.3 is 11.9 Å². The monoisotopic (exact) mass is 262 g/mol. The summed E-state index contributed by atoms with van der Waals surface area (Å²) in [5.41, 5.74) is 0. The molecule has 8 nitrogen and oxygen atoms in total. The number of fused-ring (bicyclic) bond motifs is 8. The summed E-state index contributed by atoms with van der Waals surface area (Å²) in [6.07, 6.45) is -7.33. The van der Waals surface area contributed by atoms with Gasteiger partial charge in [-0.1, -0.05) is 0 Å². The Morgan fingerprint density at radius 1 is 1.00 bits per heavy atom. The van der Waals surface area contributed by atoms with Crippen LogP contribution in [0, 0.1) is 0 Å². The SMILES string of the molecule is O=C1CCC(=O)O[C@@H]2[C@@H](O)[C@H](O)[C@@H](CO1)O[C@@H]2O. The standard InChI is InChI=1S/C10H14O8/c11-5-1-2-6(12)18-9-8(14)7(13)4(3-16-5)17-10(9)15/h4,7-10,13-15H,1-3H2/t4-,7-,8+,9-,10+/m1/s1. The van der Waals surface area contributed by atoms with Crippen molar-refractivity contribution >= 4 is 11.9 Å². The summed E-state index contributed by atoms with van der Waals surface area (Å²) in [4.78, 5) is 22.6. The molecule has 102 valence electrons. The zero-order valence-electron chi connectivity index (χ0n) is 9.39. The molecule has 3 heterocycles. The number of carbonyl (C=O) groups is 2. The van der Waals surface area contributed by atoms with Crippen molar-refractivity contribution in [2.45, 2.75) is 43.5 Å². The van der Waals surface area contributed by atoms with Crippen LogP contribution in [-0.4, -0.2) is 64.6 Å². The van der Waals surface area contributed by atoms with Crippen LogP contribution in [0.15, 0.2) is 0 Å². The second-order valence-corrected chi connectivity index (χ2v) is 4.18.